The highest BCUT2D eigenvalue weighted by Gasteiger charge is 1.92. The first-order chi connectivity index (χ1) is 8.06. The first kappa shape index (κ1) is 17.5. The summed E-state index contributed by atoms with van der Waals surface area (Å²) < 4.78 is 1.29. The van der Waals surface area contributed by atoms with Crippen molar-refractivity contribution in [2.75, 3.05) is 0 Å². The van der Waals surface area contributed by atoms with Crippen LogP contribution in [-0.4, -0.2) is 18.2 Å². The largest absolute Gasteiger partial charge is 0.472 e. The van der Waals surface area contributed by atoms with Gasteiger partial charge >= 0.3 is 18.2 Å². The lowest BCUT2D eigenvalue weighted by molar-refractivity contribution is 0.917. The van der Waals surface area contributed by atoms with Crippen LogP contribution >= 0.6 is 12.9 Å². The molecule has 0 bridgehead atoms. The van der Waals surface area contributed by atoms with Crippen molar-refractivity contribution in [2.24, 2.45) is 0 Å². The molecule has 0 amide bonds. The molecule has 0 aliphatic rings. The van der Waals surface area contributed by atoms with Crippen molar-refractivity contribution in [1.29, 1.82) is 0 Å². The van der Waals surface area contributed by atoms with E-state index in [0.717, 1.165) is 0 Å². The van der Waals surface area contributed by atoms with Crippen molar-refractivity contribution >= 4 is 31.1 Å². The second-order valence-corrected chi connectivity index (χ2v) is 8.27. The molecule has 0 unspecified atom stereocenters. The highest BCUT2D eigenvalue weighted by molar-refractivity contribution is 9.23. The van der Waals surface area contributed by atoms with Gasteiger partial charge in [-0.25, -0.2) is 0 Å². The number of rotatable bonds is 8. The van der Waals surface area contributed by atoms with Gasteiger partial charge in [-0.3, -0.25) is 0 Å². The van der Waals surface area contributed by atoms with Crippen molar-refractivity contribution in [1.82, 2.24) is 0 Å². The minimum absolute atomic E-state index is 0.0274. The van der Waals surface area contributed by atoms with Crippen molar-refractivity contribution in [3.8, 4) is 0 Å². The minimum Gasteiger partial charge on any atom is -0.306 e. The first-order valence-corrected chi connectivity index (χ1v) is 11.5. The lowest BCUT2D eigenvalue weighted by Crippen LogP contribution is -1.81. The fraction of sp³-hybridized carbons (Fsp3) is 0.600. The molecule has 0 aliphatic heterocycles. The summed E-state index contributed by atoms with van der Waals surface area (Å²) in [5, 5.41) is 0. The van der Waals surface area contributed by atoms with Crippen molar-refractivity contribution in [3.63, 3.8) is 0 Å². The van der Waals surface area contributed by atoms with Crippen molar-refractivity contribution in [2.45, 2.75) is 57.9 Å². The molecule has 0 heterocycles. The van der Waals surface area contributed by atoms with Gasteiger partial charge in [0.15, 0.2) is 0 Å². The van der Waals surface area contributed by atoms with Crippen molar-refractivity contribution < 1.29 is 0 Å². The summed E-state index contributed by atoms with van der Waals surface area (Å²) in [6.07, 6.45) is 11.9. The Balaban J connectivity index is 3.80. The lowest BCUT2D eigenvalue weighted by Gasteiger charge is -2.01. The molecule has 0 aromatic carbocycles. The predicted molar refractivity (Wildman–Crippen MR) is 84.9 cm³/mol. The molecule has 0 nitrogen and oxygen atoms in total. The molecular weight excluding hydrogens is 284 g/mol. The summed E-state index contributed by atoms with van der Waals surface area (Å²) >= 11 is 3.61. The van der Waals surface area contributed by atoms with Gasteiger partial charge in [0.2, 0.25) is 0 Å². The summed E-state index contributed by atoms with van der Waals surface area (Å²) in [5.41, 5.74) is 4.51. The highest BCUT2D eigenvalue weighted by atomic mass is 79.9. The zero-order valence-electron chi connectivity index (χ0n) is 11.9. The van der Waals surface area contributed by atoms with E-state index in [0.29, 0.717) is 0 Å². The lowest BCUT2D eigenvalue weighted by atomic mass is 10.1. The van der Waals surface area contributed by atoms with E-state index in [1.807, 2.05) is 0 Å². The van der Waals surface area contributed by atoms with Crippen LogP contribution in [0.5, 0.6) is 0 Å². The molecule has 0 fully saturated rings. The highest BCUT2D eigenvalue weighted by Crippen LogP contribution is 2.11. The number of hydrogen-bond donors (Lipinski definition) is 0. The molecule has 0 spiro atoms. The van der Waals surface area contributed by atoms with E-state index in [1.54, 1.807) is 5.57 Å². The van der Waals surface area contributed by atoms with Crippen LogP contribution in [0.2, 0.25) is 4.55 Å². The molecule has 0 saturated heterocycles. The Morgan fingerprint density at radius 3 is 1.94 bits per heavy atom. The van der Waals surface area contributed by atoms with Crippen molar-refractivity contribution in [3.05, 3.63) is 34.9 Å². The first-order valence-electron chi connectivity index (χ1n) is 6.57. The molecule has 17 heavy (non-hydrogen) atoms. The van der Waals surface area contributed by atoms with Crippen LogP contribution in [0.25, 0.3) is 0 Å². The molecular formula is C15H25BrMg. The molecule has 0 aromatic rings. The Bertz CT molecular complexity index is 283. The third-order valence-electron chi connectivity index (χ3n) is 2.72. The Morgan fingerprint density at radius 2 is 1.41 bits per heavy atom. The average molecular weight is 310 g/mol. The van der Waals surface area contributed by atoms with Gasteiger partial charge in [0, 0.05) is 0 Å². The average Bonchev–Trinajstić information content (AvgIpc) is 2.25. The van der Waals surface area contributed by atoms with Gasteiger partial charge in [0.25, 0.3) is 0 Å². The van der Waals surface area contributed by atoms with Gasteiger partial charge in [0.05, 0.1) is 0 Å². The maximum absolute atomic E-state index is 3.59. The number of halogens is 1. The van der Waals surface area contributed by atoms with Crippen LogP contribution in [0.15, 0.2) is 34.9 Å². The van der Waals surface area contributed by atoms with E-state index < -0.39 is 0 Å². The molecule has 94 valence electrons. The van der Waals surface area contributed by atoms with Gasteiger partial charge in [-0.15, -0.1) is 10.6 Å². The van der Waals surface area contributed by atoms with E-state index in [1.165, 1.54) is 41.4 Å². The maximum atomic E-state index is 3.59. The zero-order chi connectivity index (χ0) is 13.1. The fourth-order valence-electron chi connectivity index (χ4n) is 1.64. The van der Waals surface area contributed by atoms with E-state index in [-0.39, 0.29) is 18.2 Å². The minimum atomic E-state index is 0.0274. The number of hydrogen-bond acceptors (Lipinski definition) is 0. The van der Waals surface area contributed by atoms with Crippen LogP contribution in [0.1, 0.15) is 53.4 Å². The SMILES string of the molecule is CC(C)=CCCC(C)=CCCC(C)=C[CH2][Mg][Br]. The van der Waals surface area contributed by atoms with Gasteiger partial charge in [-0.2, -0.15) is 0 Å². The quantitative estimate of drug-likeness (QED) is 0.390. The zero-order valence-corrected chi connectivity index (χ0v) is 14.9. The Morgan fingerprint density at radius 1 is 0.882 bits per heavy atom. The summed E-state index contributed by atoms with van der Waals surface area (Å²) in [6, 6.07) is 0. The van der Waals surface area contributed by atoms with Crippen LogP contribution in [-0.2, 0) is 0 Å². The molecule has 0 radical (unpaired) electrons. The summed E-state index contributed by atoms with van der Waals surface area (Å²) in [5.74, 6) is 0. The molecule has 0 atom stereocenters. The Kier molecular flexibility index (Phi) is 11.9. The third kappa shape index (κ3) is 12.7. The molecule has 0 saturated carbocycles. The van der Waals surface area contributed by atoms with Gasteiger partial charge in [-0.05, 0) is 53.4 Å². The molecule has 0 aliphatic carbocycles. The van der Waals surface area contributed by atoms with E-state index in [9.17, 15) is 0 Å². The summed E-state index contributed by atoms with van der Waals surface area (Å²) in [6.45, 7) is 8.84. The van der Waals surface area contributed by atoms with Gasteiger partial charge in [-0.1, -0.05) is 28.9 Å². The summed E-state index contributed by atoms with van der Waals surface area (Å²) in [4.78, 5) is 0. The van der Waals surface area contributed by atoms with Crippen LogP contribution in [0.4, 0.5) is 0 Å². The van der Waals surface area contributed by atoms with Gasteiger partial charge in [0.1, 0.15) is 0 Å². The molecule has 2 heteroatoms. The van der Waals surface area contributed by atoms with Crippen LogP contribution in [0.3, 0.4) is 0 Å². The molecule has 0 aromatic heterocycles. The Labute approximate surface area is 123 Å². The Hall–Kier alpha value is 0.466. The van der Waals surface area contributed by atoms with E-state index >= 15 is 0 Å². The smallest absolute Gasteiger partial charge is 0.306 e. The second kappa shape index (κ2) is 11.6. The standard InChI is InChI=1S/C15H25.BrH.Mg/c1-6-14(4)10-8-12-15(5)11-7-9-13(2)3;;/h6,9,12H,1,7-8,10-11H2,2-5H3;1H;/q;;+1/p-1. The van der Waals surface area contributed by atoms with Gasteiger partial charge < -0.3 is 12.9 Å². The monoisotopic (exact) mass is 308 g/mol. The predicted octanol–water partition coefficient (Wildman–Crippen LogP) is 5.84. The van der Waals surface area contributed by atoms with Crippen LogP contribution in [0, 0.1) is 0 Å². The fourth-order valence-corrected chi connectivity index (χ4v) is 2.93. The number of allylic oxidation sites excluding steroid dienone is 6. The third-order valence-corrected chi connectivity index (χ3v) is 4.61. The second-order valence-electron chi connectivity index (χ2n) is 4.94. The van der Waals surface area contributed by atoms with Crippen LogP contribution < -0.4 is 0 Å². The van der Waals surface area contributed by atoms with E-state index in [4.69, 9.17) is 0 Å². The van der Waals surface area contributed by atoms with E-state index in [2.05, 4.69) is 58.8 Å². The normalized spacial score (nSPS) is 12.3. The topological polar surface area (TPSA) is 0 Å². The molecule has 0 N–H and O–H groups in total. The summed E-state index contributed by atoms with van der Waals surface area (Å²) in [7, 11) is 0. The maximum Gasteiger partial charge on any atom is 0.472 e. The molecule has 0 rings (SSSR count).